The lowest BCUT2D eigenvalue weighted by molar-refractivity contribution is -0.134. The van der Waals surface area contributed by atoms with Crippen molar-refractivity contribution in [3.63, 3.8) is 0 Å². The highest BCUT2D eigenvalue weighted by Crippen LogP contribution is 2.26. The van der Waals surface area contributed by atoms with Crippen LogP contribution in [-0.4, -0.2) is 40.5 Å². The molecule has 1 aliphatic rings. The average Bonchev–Trinajstić information content (AvgIpc) is 2.46. The quantitative estimate of drug-likeness (QED) is 0.832. The summed E-state index contributed by atoms with van der Waals surface area (Å²) < 4.78 is 5.38. The lowest BCUT2D eigenvalue weighted by Crippen LogP contribution is -2.41. The number of carbonyl (C=O) groups is 1. The van der Waals surface area contributed by atoms with E-state index in [-0.39, 0.29) is 12.5 Å². The van der Waals surface area contributed by atoms with Gasteiger partial charge in [0, 0.05) is 13.1 Å². The molecule has 0 N–H and O–H groups in total. The molecule has 0 aliphatic heterocycles. The molecule has 1 aliphatic carbocycles. The maximum Gasteiger partial charge on any atom is 0.260 e. The van der Waals surface area contributed by atoms with Crippen molar-refractivity contribution >= 4 is 5.91 Å². The van der Waals surface area contributed by atoms with Gasteiger partial charge in [0.25, 0.3) is 5.91 Å². The molecule has 0 bridgehead atoms. The van der Waals surface area contributed by atoms with Gasteiger partial charge in [-0.15, -0.1) is 0 Å². The summed E-state index contributed by atoms with van der Waals surface area (Å²) in [6, 6.07) is 0.360. The molecule has 1 amide bonds. The minimum absolute atomic E-state index is 0.0170. The topological polar surface area (TPSA) is 55.3 Å². The number of nitrogens with zero attached hydrogens (tertiary/aromatic N) is 3. The molecule has 1 aromatic rings. The van der Waals surface area contributed by atoms with Crippen molar-refractivity contribution in [3.8, 4) is 5.75 Å². The SMILES string of the molecule is CC1CCC(N(C)C(=O)COc2cncnc2)CC1. The van der Waals surface area contributed by atoms with Crippen LogP contribution in [0, 0.1) is 5.92 Å². The molecule has 1 fully saturated rings. The molecule has 5 heteroatoms. The zero-order valence-electron chi connectivity index (χ0n) is 11.6. The first kappa shape index (κ1) is 13.8. The Kier molecular flexibility index (Phi) is 4.71. The van der Waals surface area contributed by atoms with Crippen molar-refractivity contribution in [2.24, 2.45) is 5.92 Å². The predicted octanol–water partition coefficient (Wildman–Crippen LogP) is 1.89. The minimum atomic E-state index is 0.0170. The van der Waals surface area contributed by atoms with Gasteiger partial charge in [0.05, 0.1) is 12.4 Å². The molecule has 19 heavy (non-hydrogen) atoms. The Morgan fingerprint density at radius 2 is 1.95 bits per heavy atom. The Morgan fingerprint density at radius 1 is 1.32 bits per heavy atom. The van der Waals surface area contributed by atoms with Crippen LogP contribution < -0.4 is 4.74 Å². The Morgan fingerprint density at radius 3 is 2.58 bits per heavy atom. The zero-order chi connectivity index (χ0) is 13.7. The van der Waals surface area contributed by atoms with E-state index >= 15 is 0 Å². The summed E-state index contributed by atoms with van der Waals surface area (Å²) in [6.45, 7) is 2.33. The fourth-order valence-electron chi connectivity index (χ4n) is 2.44. The van der Waals surface area contributed by atoms with Crippen LogP contribution in [0.25, 0.3) is 0 Å². The molecule has 1 heterocycles. The Balaban J connectivity index is 1.79. The lowest BCUT2D eigenvalue weighted by Gasteiger charge is -2.33. The van der Waals surface area contributed by atoms with Crippen molar-refractivity contribution in [2.75, 3.05) is 13.7 Å². The first-order chi connectivity index (χ1) is 9.16. The van der Waals surface area contributed by atoms with Crippen LogP contribution in [0.1, 0.15) is 32.6 Å². The number of hydrogen-bond acceptors (Lipinski definition) is 4. The second-order valence-electron chi connectivity index (χ2n) is 5.28. The van der Waals surface area contributed by atoms with Gasteiger partial charge >= 0.3 is 0 Å². The highest BCUT2D eigenvalue weighted by Gasteiger charge is 2.24. The van der Waals surface area contributed by atoms with E-state index in [1.165, 1.54) is 19.2 Å². The second-order valence-corrected chi connectivity index (χ2v) is 5.28. The number of rotatable bonds is 4. The number of likely N-dealkylation sites (N-methyl/N-ethyl adjacent to an activating group) is 1. The van der Waals surface area contributed by atoms with Crippen LogP contribution in [0.5, 0.6) is 5.75 Å². The van der Waals surface area contributed by atoms with Crippen LogP contribution in [0.4, 0.5) is 0 Å². The molecule has 0 aromatic carbocycles. The molecule has 2 rings (SSSR count). The van der Waals surface area contributed by atoms with Crippen molar-refractivity contribution in [3.05, 3.63) is 18.7 Å². The number of amides is 1. The number of hydrogen-bond donors (Lipinski definition) is 0. The smallest absolute Gasteiger partial charge is 0.260 e. The molecule has 5 nitrogen and oxygen atoms in total. The summed E-state index contributed by atoms with van der Waals surface area (Å²) in [5.74, 6) is 1.34. The number of aromatic nitrogens is 2. The molecular weight excluding hydrogens is 242 g/mol. The van der Waals surface area contributed by atoms with Gasteiger partial charge in [-0.1, -0.05) is 6.92 Å². The van der Waals surface area contributed by atoms with Gasteiger partial charge in [-0.05, 0) is 31.6 Å². The van der Waals surface area contributed by atoms with Gasteiger partial charge in [-0.3, -0.25) is 4.79 Å². The van der Waals surface area contributed by atoms with E-state index in [4.69, 9.17) is 4.74 Å². The third-order valence-corrected chi connectivity index (χ3v) is 3.83. The first-order valence-electron chi connectivity index (χ1n) is 6.80. The van der Waals surface area contributed by atoms with Gasteiger partial charge in [0.2, 0.25) is 0 Å². The summed E-state index contributed by atoms with van der Waals surface area (Å²) in [4.78, 5) is 21.6. The van der Waals surface area contributed by atoms with Crippen molar-refractivity contribution in [1.82, 2.24) is 14.9 Å². The van der Waals surface area contributed by atoms with Crippen LogP contribution >= 0.6 is 0 Å². The highest BCUT2D eigenvalue weighted by atomic mass is 16.5. The standard InChI is InChI=1S/C14H21N3O2/c1-11-3-5-12(6-4-11)17(2)14(18)9-19-13-7-15-10-16-8-13/h7-8,10-12H,3-6,9H2,1-2H3. The molecule has 0 unspecified atom stereocenters. The summed E-state index contributed by atoms with van der Waals surface area (Å²) in [5, 5.41) is 0. The van der Waals surface area contributed by atoms with Gasteiger partial charge in [-0.25, -0.2) is 9.97 Å². The van der Waals surface area contributed by atoms with Crippen LogP contribution in [0.2, 0.25) is 0 Å². The average molecular weight is 263 g/mol. The van der Waals surface area contributed by atoms with Gasteiger partial charge in [-0.2, -0.15) is 0 Å². The predicted molar refractivity (Wildman–Crippen MR) is 71.7 cm³/mol. The Labute approximate surface area is 114 Å². The highest BCUT2D eigenvalue weighted by molar-refractivity contribution is 5.77. The molecule has 1 saturated carbocycles. The molecule has 1 aromatic heterocycles. The maximum atomic E-state index is 12.1. The summed E-state index contributed by atoms with van der Waals surface area (Å²) in [6.07, 6.45) is 9.15. The fourth-order valence-corrected chi connectivity index (χ4v) is 2.44. The summed E-state index contributed by atoms with van der Waals surface area (Å²) in [5.41, 5.74) is 0. The Hall–Kier alpha value is -1.65. The van der Waals surface area contributed by atoms with E-state index in [1.54, 1.807) is 12.4 Å². The van der Waals surface area contributed by atoms with Gasteiger partial charge in [0.1, 0.15) is 6.33 Å². The maximum absolute atomic E-state index is 12.1. The van der Waals surface area contributed by atoms with E-state index in [1.807, 2.05) is 11.9 Å². The van der Waals surface area contributed by atoms with Crippen LogP contribution in [0.3, 0.4) is 0 Å². The largest absolute Gasteiger partial charge is 0.481 e. The van der Waals surface area contributed by atoms with Gasteiger partial charge < -0.3 is 9.64 Å². The van der Waals surface area contributed by atoms with Gasteiger partial charge in [0.15, 0.2) is 12.4 Å². The number of ether oxygens (including phenoxy) is 1. The van der Waals surface area contributed by atoms with E-state index < -0.39 is 0 Å². The number of carbonyl (C=O) groups excluding carboxylic acids is 1. The Bertz CT molecular complexity index is 402. The first-order valence-corrected chi connectivity index (χ1v) is 6.80. The van der Waals surface area contributed by atoms with E-state index in [9.17, 15) is 4.79 Å². The van der Waals surface area contributed by atoms with E-state index in [2.05, 4.69) is 16.9 Å². The minimum Gasteiger partial charge on any atom is -0.481 e. The molecule has 104 valence electrons. The lowest BCUT2D eigenvalue weighted by atomic mass is 9.87. The summed E-state index contributed by atoms with van der Waals surface area (Å²) >= 11 is 0. The normalized spacial score (nSPS) is 22.8. The molecule has 0 atom stereocenters. The van der Waals surface area contributed by atoms with Crippen molar-refractivity contribution in [1.29, 1.82) is 0 Å². The third-order valence-electron chi connectivity index (χ3n) is 3.83. The van der Waals surface area contributed by atoms with Crippen LogP contribution in [-0.2, 0) is 4.79 Å². The molecule has 0 radical (unpaired) electrons. The van der Waals surface area contributed by atoms with E-state index in [0.29, 0.717) is 11.8 Å². The van der Waals surface area contributed by atoms with Crippen LogP contribution in [0.15, 0.2) is 18.7 Å². The molecular formula is C14H21N3O2. The third kappa shape index (κ3) is 3.91. The molecule has 0 spiro atoms. The van der Waals surface area contributed by atoms with Crippen molar-refractivity contribution < 1.29 is 9.53 Å². The van der Waals surface area contributed by atoms with Crippen molar-refractivity contribution in [2.45, 2.75) is 38.6 Å². The zero-order valence-corrected chi connectivity index (χ0v) is 11.6. The summed E-state index contributed by atoms with van der Waals surface area (Å²) in [7, 11) is 1.87. The van der Waals surface area contributed by atoms with E-state index in [0.717, 1.165) is 18.8 Å². The molecule has 0 saturated heterocycles. The second kappa shape index (κ2) is 6.50. The fraction of sp³-hybridized carbons (Fsp3) is 0.643. The monoisotopic (exact) mass is 263 g/mol.